The Kier molecular flexibility index (Phi) is 14.2. The number of carbonyl (C=O) groups excluding carboxylic acids is 3. The van der Waals surface area contributed by atoms with Crippen LogP contribution in [-0.4, -0.2) is 104 Å². The van der Waals surface area contributed by atoms with E-state index in [1.54, 1.807) is 32.1 Å². The van der Waals surface area contributed by atoms with Crippen LogP contribution < -0.4 is 16.0 Å². The van der Waals surface area contributed by atoms with E-state index < -0.39 is 53.8 Å². The van der Waals surface area contributed by atoms with Gasteiger partial charge in [0.15, 0.2) is 0 Å². The molecule has 2 rings (SSSR count). The number of fused-ring (bicyclic) bond motifs is 2. The largest absolute Gasteiger partial charge is 0.465 e. The molecular formula is C32H48N4O8. The standard InChI is InChI=1S/C32H48N4O8/c1-18-14-22-28(33-12-13-36(5)6)24(37)17-23(30(22)39)34-31(40)19(2)10-9-11-25(43-7)27(35-32(41)42)20(3)16-21(4)29(38)26(15-18)44-8/h9-11,16-18,21,25-27,29,33,35,38H,12-15H2,1-8H3,(H,34,40)(H,41,42)/b11-9-,19-10+,20-16+/t18-,21+,25+,26+,27+,29-/m1/s1. The van der Waals surface area contributed by atoms with E-state index in [0.29, 0.717) is 25.1 Å². The molecule has 2 aliphatic rings. The first kappa shape index (κ1) is 36.6. The van der Waals surface area contributed by atoms with Gasteiger partial charge in [-0.05, 0) is 46.7 Å². The maximum Gasteiger partial charge on any atom is 0.405 e. The van der Waals surface area contributed by atoms with Gasteiger partial charge < -0.3 is 40.5 Å². The van der Waals surface area contributed by atoms with Crippen molar-refractivity contribution in [2.45, 2.75) is 64.9 Å². The maximum absolute atomic E-state index is 13.7. The van der Waals surface area contributed by atoms with Crippen molar-refractivity contribution in [1.82, 2.24) is 20.9 Å². The Bertz CT molecular complexity index is 1230. The van der Waals surface area contributed by atoms with E-state index in [1.807, 2.05) is 32.8 Å². The molecule has 44 heavy (non-hydrogen) atoms. The van der Waals surface area contributed by atoms with Crippen LogP contribution in [0.5, 0.6) is 0 Å². The Hall–Kier alpha value is -3.58. The Morgan fingerprint density at radius 3 is 2.41 bits per heavy atom. The number of hydrogen-bond acceptors (Lipinski definition) is 9. The fourth-order valence-electron chi connectivity index (χ4n) is 5.26. The number of Topliss-reactive ketones (excluding diaryl/α,β-unsaturated/α-hetero) is 1. The first-order valence-electron chi connectivity index (χ1n) is 14.7. The monoisotopic (exact) mass is 616 g/mol. The van der Waals surface area contributed by atoms with Crippen molar-refractivity contribution in [3.8, 4) is 0 Å². The summed E-state index contributed by atoms with van der Waals surface area (Å²) >= 11 is 0. The fourth-order valence-corrected chi connectivity index (χ4v) is 5.26. The molecule has 6 atom stereocenters. The predicted molar refractivity (Wildman–Crippen MR) is 167 cm³/mol. The van der Waals surface area contributed by atoms with Crippen LogP contribution >= 0.6 is 0 Å². The van der Waals surface area contributed by atoms with Crippen LogP contribution in [0.1, 0.15) is 40.5 Å². The topological polar surface area (TPSA) is 167 Å². The van der Waals surface area contributed by atoms with Gasteiger partial charge in [-0.1, -0.05) is 43.7 Å². The van der Waals surface area contributed by atoms with E-state index in [-0.39, 0.29) is 34.9 Å². The molecule has 0 aromatic carbocycles. The highest BCUT2D eigenvalue weighted by Gasteiger charge is 2.33. The molecule has 1 aliphatic heterocycles. The van der Waals surface area contributed by atoms with Gasteiger partial charge in [0.25, 0.3) is 5.91 Å². The summed E-state index contributed by atoms with van der Waals surface area (Å²) in [4.78, 5) is 53.6. The third-order valence-electron chi connectivity index (χ3n) is 7.76. The van der Waals surface area contributed by atoms with Gasteiger partial charge in [-0.3, -0.25) is 14.4 Å². The van der Waals surface area contributed by atoms with Gasteiger partial charge in [0.1, 0.15) is 0 Å². The molecule has 1 aliphatic carbocycles. The molecule has 0 saturated carbocycles. The lowest BCUT2D eigenvalue weighted by Gasteiger charge is -2.30. The number of likely N-dealkylation sites (N-methyl/N-ethyl adjacent to an activating group) is 1. The third-order valence-corrected chi connectivity index (χ3v) is 7.76. The Balaban J connectivity index is 2.60. The number of nitrogens with zero attached hydrogens (tertiary/aromatic N) is 1. The molecular weight excluding hydrogens is 568 g/mol. The minimum Gasteiger partial charge on any atom is -0.465 e. The number of aliphatic hydroxyl groups excluding tert-OH is 1. The maximum atomic E-state index is 13.7. The second-order valence-corrected chi connectivity index (χ2v) is 11.7. The van der Waals surface area contributed by atoms with Crippen LogP contribution in [0.25, 0.3) is 0 Å². The van der Waals surface area contributed by atoms with Crippen LogP contribution in [0, 0.1) is 11.8 Å². The highest BCUT2D eigenvalue weighted by Crippen LogP contribution is 2.28. The highest BCUT2D eigenvalue weighted by molar-refractivity contribution is 6.23. The first-order chi connectivity index (χ1) is 20.7. The molecule has 5 N–H and O–H groups in total. The van der Waals surface area contributed by atoms with Crippen molar-refractivity contribution in [3.05, 3.63) is 58.5 Å². The average molecular weight is 617 g/mol. The molecule has 12 nitrogen and oxygen atoms in total. The Morgan fingerprint density at radius 2 is 1.82 bits per heavy atom. The van der Waals surface area contributed by atoms with E-state index in [9.17, 15) is 29.4 Å². The molecule has 0 saturated heterocycles. The number of methoxy groups -OCH3 is 2. The van der Waals surface area contributed by atoms with Crippen LogP contribution in [0.2, 0.25) is 0 Å². The summed E-state index contributed by atoms with van der Waals surface area (Å²) in [6, 6.07) is -0.786. The molecule has 0 spiro atoms. The molecule has 0 aromatic heterocycles. The van der Waals surface area contributed by atoms with Gasteiger partial charge in [0, 0.05) is 50.4 Å². The zero-order chi connectivity index (χ0) is 33.1. The van der Waals surface area contributed by atoms with E-state index in [2.05, 4.69) is 16.0 Å². The summed E-state index contributed by atoms with van der Waals surface area (Å²) < 4.78 is 11.2. The number of carbonyl (C=O) groups is 4. The number of aliphatic hydroxyl groups is 1. The lowest BCUT2D eigenvalue weighted by molar-refractivity contribution is -0.120. The van der Waals surface area contributed by atoms with Gasteiger partial charge in [0.05, 0.1) is 35.7 Å². The van der Waals surface area contributed by atoms with Crippen LogP contribution in [0.3, 0.4) is 0 Å². The molecule has 0 radical (unpaired) electrons. The molecule has 1 heterocycles. The Morgan fingerprint density at radius 1 is 1.14 bits per heavy atom. The number of amides is 2. The van der Waals surface area contributed by atoms with Crippen molar-refractivity contribution in [3.63, 3.8) is 0 Å². The number of rotatable bonds is 7. The van der Waals surface area contributed by atoms with Gasteiger partial charge in [-0.15, -0.1) is 0 Å². The van der Waals surface area contributed by atoms with Crippen LogP contribution in [0.15, 0.2) is 58.5 Å². The van der Waals surface area contributed by atoms with E-state index in [0.717, 1.165) is 6.08 Å². The van der Waals surface area contributed by atoms with E-state index in [4.69, 9.17) is 9.47 Å². The number of ketones is 2. The molecule has 2 amide bonds. The highest BCUT2D eigenvalue weighted by atomic mass is 16.5. The summed E-state index contributed by atoms with van der Waals surface area (Å²) in [7, 11) is 6.73. The van der Waals surface area contributed by atoms with Gasteiger partial charge in [-0.25, -0.2) is 4.79 Å². The van der Waals surface area contributed by atoms with Crippen LogP contribution in [-0.2, 0) is 23.9 Å². The molecule has 12 heteroatoms. The molecule has 2 bridgehead atoms. The van der Waals surface area contributed by atoms with Crippen molar-refractivity contribution >= 4 is 23.6 Å². The molecule has 0 aromatic rings. The first-order valence-corrected chi connectivity index (χ1v) is 14.7. The van der Waals surface area contributed by atoms with Gasteiger partial charge in [0.2, 0.25) is 11.6 Å². The summed E-state index contributed by atoms with van der Waals surface area (Å²) in [6.07, 6.45) is 4.56. The van der Waals surface area contributed by atoms with E-state index in [1.165, 1.54) is 20.3 Å². The molecule has 0 fully saturated rings. The number of hydrogen-bond donors (Lipinski definition) is 5. The second-order valence-electron chi connectivity index (χ2n) is 11.7. The van der Waals surface area contributed by atoms with Crippen molar-refractivity contribution < 1.29 is 38.9 Å². The number of nitrogens with one attached hydrogen (secondary N) is 3. The van der Waals surface area contributed by atoms with E-state index >= 15 is 0 Å². The lowest BCUT2D eigenvalue weighted by Crippen LogP contribution is -2.44. The zero-order valence-corrected chi connectivity index (χ0v) is 27.0. The van der Waals surface area contributed by atoms with Crippen LogP contribution in [0.4, 0.5) is 4.79 Å². The summed E-state index contributed by atoms with van der Waals surface area (Å²) in [5, 5.41) is 29.0. The van der Waals surface area contributed by atoms with Crippen molar-refractivity contribution in [1.29, 1.82) is 0 Å². The minimum atomic E-state index is -1.25. The number of carboxylic acid groups (broad SMARTS) is 1. The lowest BCUT2D eigenvalue weighted by atomic mass is 9.85. The van der Waals surface area contributed by atoms with Crippen molar-refractivity contribution in [2.24, 2.45) is 11.8 Å². The average Bonchev–Trinajstić information content (AvgIpc) is 2.95. The van der Waals surface area contributed by atoms with Gasteiger partial charge in [-0.2, -0.15) is 0 Å². The number of allylic oxidation sites excluding steroid dienone is 4. The number of ether oxygens (including phenoxy) is 2. The smallest absolute Gasteiger partial charge is 0.405 e. The Labute approximate surface area is 259 Å². The molecule has 0 unspecified atom stereocenters. The SMILES string of the molecule is CO[C@H]1/C=C\C=C(/C)C(=O)NC2=CC(=O)C(NCCN(C)C)=C(C[C@@H](C)C[C@H](OC)[C@H](O)[C@@H](C)/C=C(\C)[C@@H]1NC(=O)O)C2=O. The minimum absolute atomic E-state index is 0.118. The van der Waals surface area contributed by atoms with Crippen molar-refractivity contribution in [2.75, 3.05) is 41.4 Å². The summed E-state index contributed by atoms with van der Waals surface area (Å²) in [5.74, 6) is -2.08. The quantitative estimate of drug-likeness (QED) is 0.211. The van der Waals surface area contributed by atoms with Gasteiger partial charge >= 0.3 is 6.09 Å². The summed E-state index contributed by atoms with van der Waals surface area (Å²) in [6.45, 7) is 8.08. The third kappa shape index (κ3) is 10.3. The fraction of sp³-hybridized carbons (Fsp3) is 0.562. The normalized spacial score (nSPS) is 31.0. The summed E-state index contributed by atoms with van der Waals surface area (Å²) in [5.41, 5.74) is 1.22. The zero-order valence-electron chi connectivity index (χ0n) is 27.0. The predicted octanol–water partition coefficient (Wildman–Crippen LogP) is 2.09. The second kappa shape index (κ2) is 17.0. The molecule has 244 valence electrons.